The summed E-state index contributed by atoms with van der Waals surface area (Å²) < 4.78 is 0. The van der Waals surface area contributed by atoms with Crippen molar-refractivity contribution in [1.29, 1.82) is 0 Å². The van der Waals surface area contributed by atoms with E-state index in [0.717, 1.165) is 0 Å². The van der Waals surface area contributed by atoms with Crippen LogP contribution in [0.1, 0.15) is 18.4 Å². The van der Waals surface area contributed by atoms with Crippen molar-refractivity contribution < 1.29 is 0 Å². The normalized spacial score (nSPS) is 15.0. The Morgan fingerprint density at radius 2 is 2.00 bits per heavy atom. The highest BCUT2D eigenvalue weighted by Crippen LogP contribution is 2.45. The number of benzene rings is 1. The Hall–Kier alpha value is 0.650. The van der Waals surface area contributed by atoms with Crippen molar-refractivity contribution in [1.82, 2.24) is 0 Å². The maximum absolute atomic E-state index is 2.40. The van der Waals surface area contributed by atoms with Gasteiger partial charge in [-0.1, -0.05) is 34.1 Å². The lowest BCUT2D eigenvalue weighted by Gasteiger charge is -2.26. The second kappa shape index (κ2) is 5.82. The van der Waals surface area contributed by atoms with Gasteiger partial charge in [-0.15, -0.1) is 0 Å². The van der Waals surface area contributed by atoms with Gasteiger partial charge in [-0.3, -0.25) is 0 Å². The maximum Gasteiger partial charge on any atom is 0.00997 e. The van der Waals surface area contributed by atoms with Crippen molar-refractivity contribution in [3.63, 3.8) is 0 Å². The van der Waals surface area contributed by atoms with E-state index in [0.29, 0.717) is 5.92 Å². The Morgan fingerprint density at radius 3 is 2.53 bits per heavy atom. The predicted octanol–water partition coefficient (Wildman–Crippen LogP) is 4.93. The zero-order valence-electron chi connectivity index (χ0n) is 9.79. The summed E-state index contributed by atoms with van der Waals surface area (Å²) in [5.74, 6) is 1.86. The van der Waals surface area contributed by atoms with Gasteiger partial charge in [-0.2, -0.15) is 0 Å². The first kappa shape index (κ1) is 13.7. The highest BCUT2D eigenvalue weighted by Gasteiger charge is 2.11. The lowest BCUT2D eigenvalue weighted by Crippen LogP contribution is -1.99. The van der Waals surface area contributed by atoms with Crippen molar-refractivity contribution in [3.8, 4) is 0 Å². The van der Waals surface area contributed by atoms with Crippen LogP contribution in [-0.2, 0) is 0 Å². The first-order chi connectivity index (χ1) is 6.95. The molecular weight excluding hydrogens is 335 g/mol. The van der Waals surface area contributed by atoms with Crippen LogP contribution in [0.3, 0.4) is 0 Å². The van der Waals surface area contributed by atoms with Gasteiger partial charge in [0.1, 0.15) is 0 Å². The van der Waals surface area contributed by atoms with Crippen LogP contribution in [-0.4, -0.2) is 24.5 Å². The molecule has 0 bridgehead atoms. The summed E-state index contributed by atoms with van der Waals surface area (Å²) in [6.45, 7) is 2.31. The van der Waals surface area contributed by atoms with E-state index < -0.39 is 10.0 Å². The largest absolute Gasteiger partial charge is 0.223 e. The van der Waals surface area contributed by atoms with E-state index in [1.165, 1.54) is 16.2 Å². The van der Waals surface area contributed by atoms with Crippen LogP contribution in [0.2, 0.25) is 0 Å². The molecule has 0 radical (unpaired) electrons. The van der Waals surface area contributed by atoms with E-state index in [4.69, 9.17) is 0 Å². The molecule has 0 saturated heterocycles. The quantitative estimate of drug-likeness (QED) is 0.691. The Balaban J connectivity index is 2.92. The van der Waals surface area contributed by atoms with Gasteiger partial charge in [0.05, 0.1) is 0 Å². The molecule has 15 heavy (non-hydrogen) atoms. The minimum Gasteiger partial charge on any atom is -0.223 e. The number of halogens is 1. The number of hydrogen-bond donors (Lipinski definition) is 0. The zero-order chi connectivity index (χ0) is 11.5. The summed E-state index contributed by atoms with van der Waals surface area (Å²) in [7, 11) is 1.31. The molecule has 0 aliphatic rings. The van der Waals surface area contributed by atoms with Gasteiger partial charge in [0.15, 0.2) is 0 Å². The van der Waals surface area contributed by atoms with Crippen molar-refractivity contribution >= 4 is 40.2 Å². The second-order valence-corrected chi connectivity index (χ2v) is 11.2. The third kappa shape index (κ3) is 4.19. The first-order valence-corrected chi connectivity index (χ1v) is 11.4. The minimum absolute atomic E-state index is 0.582. The summed E-state index contributed by atoms with van der Waals surface area (Å²) in [4.78, 5) is 1.52. The molecule has 86 valence electrons. The van der Waals surface area contributed by atoms with Gasteiger partial charge >= 0.3 is 0 Å². The molecule has 0 aromatic heterocycles. The molecule has 0 amide bonds. The molecular formula is C12H19IS2. The molecule has 0 aliphatic carbocycles. The molecule has 1 unspecified atom stereocenters. The van der Waals surface area contributed by atoms with Crippen LogP contribution in [0.4, 0.5) is 0 Å². The maximum atomic E-state index is 2.40. The van der Waals surface area contributed by atoms with E-state index in [2.05, 4.69) is 71.2 Å². The van der Waals surface area contributed by atoms with E-state index in [-0.39, 0.29) is 0 Å². The summed E-state index contributed by atoms with van der Waals surface area (Å²) in [5, 5.41) is 0. The highest BCUT2D eigenvalue weighted by atomic mass is 127. The Morgan fingerprint density at radius 1 is 1.33 bits per heavy atom. The molecule has 1 aromatic rings. The van der Waals surface area contributed by atoms with Crippen LogP contribution in [0.25, 0.3) is 0 Å². The molecule has 0 N–H and O–H groups in total. The molecule has 0 fully saturated rings. The van der Waals surface area contributed by atoms with Crippen LogP contribution in [0.15, 0.2) is 29.2 Å². The summed E-state index contributed by atoms with van der Waals surface area (Å²) >= 11 is 2.38. The molecule has 0 nitrogen and oxygen atoms in total. The lowest BCUT2D eigenvalue weighted by molar-refractivity contribution is 0.878. The SMILES string of the molecule is CC(CSI)c1cccc(S(C)(C)C)c1. The van der Waals surface area contributed by atoms with E-state index in [1.807, 2.05) is 8.93 Å². The third-order valence-corrected chi connectivity index (χ3v) is 5.82. The Labute approximate surface area is 112 Å². The van der Waals surface area contributed by atoms with Crippen LogP contribution in [0.5, 0.6) is 0 Å². The van der Waals surface area contributed by atoms with Gasteiger partial charge < -0.3 is 0 Å². The summed E-state index contributed by atoms with van der Waals surface area (Å²) in [6, 6.07) is 9.12. The highest BCUT2D eigenvalue weighted by molar-refractivity contribution is 14.2. The minimum atomic E-state index is -0.582. The molecule has 0 aliphatic heterocycles. The van der Waals surface area contributed by atoms with Crippen LogP contribution < -0.4 is 0 Å². The van der Waals surface area contributed by atoms with Gasteiger partial charge in [0.2, 0.25) is 0 Å². The summed E-state index contributed by atoms with van der Waals surface area (Å²) in [6.07, 6.45) is 7.05. The second-order valence-electron chi connectivity index (χ2n) is 4.59. The molecule has 1 aromatic carbocycles. The Kier molecular flexibility index (Phi) is 5.32. The van der Waals surface area contributed by atoms with E-state index in [1.54, 1.807) is 0 Å². The molecule has 0 saturated carbocycles. The fraction of sp³-hybridized carbons (Fsp3) is 0.500. The lowest BCUT2D eigenvalue weighted by atomic mass is 10.0. The van der Waals surface area contributed by atoms with Crippen LogP contribution in [0, 0.1) is 0 Å². The molecule has 1 atom stereocenters. The van der Waals surface area contributed by atoms with Gasteiger partial charge in [0, 0.05) is 5.75 Å². The third-order valence-electron chi connectivity index (χ3n) is 2.45. The van der Waals surface area contributed by atoms with E-state index in [9.17, 15) is 0 Å². The standard InChI is InChI=1S/C12H19IS2/c1-10(9-14-13)11-6-5-7-12(8-11)15(2,3)4/h5-8,10H,9H2,1-4H3. The fourth-order valence-corrected chi connectivity index (χ4v) is 4.37. The zero-order valence-corrected chi connectivity index (χ0v) is 13.6. The van der Waals surface area contributed by atoms with Gasteiger partial charge in [0.25, 0.3) is 0 Å². The van der Waals surface area contributed by atoms with Crippen LogP contribution >= 0.6 is 40.2 Å². The van der Waals surface area contributed by atoms with Crippen molar-refractivity contribution in [2.24, 2.45) is 0 Å². The van der Waals surface area contributed by atoms with Crippen molar-refractivity contribution in [3.05, 3.63) is 29.8 Å². The van der Waals surface area contributed by atoms with Gasteiger partial charge in [-0.25, -0.2) is 10.0 Å². The molecule has 1 rings (SSSR count). The smallest absolute Gasteiger partial charge is 0.00997 e. The summed E-state index contributed by atoms with van der Waals surface area (Å²) in [5.41, 5.74) is 1.49. The first-order valence-electron chi connectivity index (χ1n) is 4.97. The fourth-order valence-electron chi connectivity index (χ4n) is 1.39. The van der Waals surface area contributed by atoms with E-state index >= 15 is 0 Å². The van der Waals surface area contributed by atoms with Crippen molar-refractivity contribution in [2.75, 3.05) is 24.5 Å². The molecule has 3 heteroatoms. The van der Waals surface area contributed by atoms with Crippen molar-refractivity contribution in [2.45, 2.75) is 17.7 Å². The monoisotopic (exact) mass is 354 g/mol. The number of rotatable bonds is 4. The molecule has 0 heterocycles. The molecule has 0 spiro atoms. The number of hydrogen-bond acceptors (Lipinski definition) is 1. The topological polar surface area (TPSA) is 0 Å². The Bertz CT molecular complexity index is 318. The van der Waals surface area contributed by atoms with Gasteiger partial charge in [-0.05, 0) is 62.4 Å². The average Bonchev–Trinajstić information content (AvgIpc) is 2.17. The predicted molar refractivity (Wildman–Crippen MR) is 85.0 cm³/mol. The average molecular weight is 354 g/mol.